The van der Waals surface area contributed by atoms with E-state index in [9.17, 15) is 29.7 Å². The van der Waals surface area contributed by atoms with Crippen LogP contribution in [0.25, 0.3) is 32.9 Å². The first-order valence-electron chi connectivity index (χ1n) is 23.2. The Labute approximate surface area is 372 Å². The predicted molar refractivity (Wildman–Crippen MR) is 243 cm³/mol. The van der Waals surface area contributed by atoms with Gasteiger partial charge in [-0.2, -0.15) is 0 Å². The van der Waals surface area contributed by atoms with Crippen LogP contribution in [0, 0.1) is 35.5 Å². The highest BCUT2D eigenvalue weighted by Gasteiger charge is 2.33. The number of nitrogens with one attached hydrogen (secondary N) is 3. The van der Waals surface area contributed by atoms with Crippen LogP contribution in [-0.4, -0.2) is 77.4 Å². The highest BCUT2D eigenvalue weighted by Crippen LogP contribution is 2.34. The summed E-state index contributed by atoms with van der Waals surface area (Å²) in [5, 5.41) is 43.1. The largest absolute Gasteiger partial charge is 0.481 e. The molecule has 3 saturated heterocycles. The molecule has 3 aromatic carbocycles. The van der Waals surface area contributed by atoms with Crippen molar-refractivity contribution in [3.05, 3.63) is 107 Å². The molecule has 0 saturated carbocycles. The van der Waals surface area contributed by atoms with Gasteiger partial charge in [0.05, 0.1) is 17.8 Å². The molecule has 0 amide bonds. The average molecular weight is 873 g/mol. The molecular formula is C51H60N4O9. The summed E-state index contributed by atoms with van der Waals surface area (Å²) in [6.07, 6.45) is 5.76. The van der Waals surface area contributed by atoms with Crippen molar-refractivity contribution in [1.82, 2.24) is 20.9 Å². The van der Waals surface area contributed by atoms with Gasteiger partial charge in [0.25, 0.3) is 0 Å². The Morgan fingerprint density at radius 3 is 1.09 bits per heavy atom. The first kappa shape index (κ1) is 43.8. The molecule has 6 unspecified atom stereocenters. The summed E-state index contributed by atoms with van der Waals surface area (Å²) >= 11 is 0. The van der Waals surface area contributed by atoms with Crippen LogP contribution in [0.5, 0.6) is 0 Å². The zero-order valence-electron chi connectivity index (χ0n) is 36.4. The molecule has 0 aliphatic carbocycles. The van der Waals surface area contributed by atoms with E-state index in [1.165, 1.54) is 0 Å². The maximum atomic E-state index is 12.3. The first-order chi connectivity index (χ1) is 31.2. The predicted octanol–water partition coefficient (Wildman–Crippen LogP) is 7.86. The monoisotopic (exact) mass is 872 g/mol. The summed E-state index contributed by atoms with van der Waals surface area (Å²) in [6.45, 7) is 6.47. The molecule has 3 aliphatic rings. The molecule has 0 spiro atoms. The van der Waals surface area contributed by atoms with Crippen LogP contribution >= 0.6 is 0 Å². The van der Waals surface area contributed by atoms with E-state index >= 15 is 0 Å². The Kier molecular flexibility index (Phi) is 13.5. The standard InChI is InChI=1S/C51H60N4O9/c56-49(57)40(31-16-19-52-25-31)13-10-37-22-43-34(4-1-7-46(43)62-37)28-55(29-35-5-2-8-47-44(35)23-38(63-47)11-14-41(50(58)59)32-17-20-53-26-32)30-36-6-3-9-48-45(36)24-39(64-48)12-15-42(51(60)61)33-18-21-54-27-33/h1-9,22-24,31-33,40-42,52-54H,10-21,25-30H2,(H,56,57)(H,58,59)(H,60,61). The van der Waals surface area contributed by atoms with Gasteiger partial charge in [-0.25, -0.2) is 0 Å². The van der Waals surface area contributed by atoms with Crippen LogP contribution in [-0.2, 0) is 53.3 Å². The maximum Gasteiger partial charge on any atom is 0.306 e. The third-order valence-electron chi connectivity index (χ3n) is 14.3. The van der Waals surface area contributed by atoms with E-state index in [0.29, 0.717) is 58.2 Å². The van der Waals surface area contributed by atoms with Crippen molar-refractivity contribution in [1.29, 1.82) is 0 Å². The number of hydrogen-bond acceptors (Lipinski definition) is 10. The van der Waals surface area contributed by atoms with E-state index in [-0.39, 0.29) is 17.8 Å². The molecule has 6 aromatic rings. The number of benzene rings is 3. The third kappa shape index (κ3) is 9.92. The first-order valence-corrected chi connectivity index (χ1v) is 23.2. The quantitative estimate of drug-likeness (QED) is 0.0410. The van der Waals surface area contributed by atoms with E-state index in [2.05, 4.69) is 57.2 Å². The Bertz CT molecular complexity index is 2290. The van der Waals surface area contributed by atoms with Gasteiger partial charge < -0.3 is 44.5 Å². The van der Waals surface area contributed by atoms with Gasteiger partial charge in [0.1, 0.15) is 34.0 Å². The van der Waals surface area contributed by atoms with E-state index < -0.39 is 35.7 Å². The lowest BCUT2D eigenvalue weighted by Crippen LogP contribution is -2.26. The smallest absolute Gasteiger partial charge is 0.306 e. The summed E-state index contributed by atoms with van der Waals surface area (Å²) in [4.78, 5) is 39.2. The second-order valence-corrected chi connectivity index (χ2v) is 18.5. The number of carbonyl (C=O) groups is 3. The van der Waals surface area contributed by atoms with Crippen LogP contribution < -0.4 is 16.0 Å². The highest BCUT2D eigenvalue weighted by molar-refractivity contribution is 5.84. The number of fused-ring (bicyclic) bond motifs is 3. The summed E-state index contributed by atoms with van der Waals surface area (Å²) in [5.74, 6) is -0.859. The van der Waals surface area contributed by atoms with Crippen molar-refractivity contribution in [3.8, 4) is 0 Å². The van der Waals surface area contributed by atoms with Crippen LogP contribution in [0.4, 0.5) is 0 Å². The fraction of sp³-hybridized carbons (Fsp3) is 0.471. The lowest BCUT2D eigenvalue weighted by atomic mass is 9.87. The summed E-state index contributed by atoms with van der Waals surface area (Å²) in [7, 11) is 0. The van der Waals surface area contributed by atoms with Crippen molar-refractivity contribution in [2.24, 2.45) is 35.5 Å². The lowest BCUT2D eigenvalue weighted by Gasteiger charge is -2.24. The molecule has 6 heterocycles. The third-order valence-corrected chi connectivity index (χ3v) is 14.3. The normalized spacial score (nSPS) is 20.5. The molecule has 0 bridgehead atoms. The van der Waals surface area contributed by atoms with Crippen LogP contribution in [0.2, 0.25) is 0 Å². The molecule has 13 nitrogen and oxygen atoms in total. The number of aryl methyl sites for hydroxylation is 3. The number of rotatable bonds is 21. The molecule has 9 rings (SSSR count). The minimum absolute atomic E-state index is 0.116. The van der Waals surface area contributed by atoms with E-state index in [1.54, 1.807) is 0 Å². The molecular weight excluding hydrogens is 813 g/mol. The fourth-order valence-corrected chi connectivity index (χ4v) is 10.8. The number of nitrogens with zero attached hydrogens (tertiary/aromatic N) is 1. The van der Waals surface area contributed by atoms with Gasteiger partial charge in [0.15, 0.2) is 0 Å². The molecule has 64 heavy (non-hydrogen) atoms. The van der Waals surface area contributed by atoms with Gasteiger partial charge in [-0.15, -0.1) is 0 Å². The van der Waals surface area contributed by atoms with Gasteiger partial charge in [0.2, 0.25) is 0 Å². The number of furan rings is 3. The van der Waals surface area contributed by atoms with Crippen molar-refractivity contribution < 1.29 is 43.0 Å². The number of hydrogen-bond donors (Lipinski definition) is 6. The molecule has 13 heteroatoms. The van der Waals surface area contributed by atoms with Crippen molar-refractivity contribution in [3.63, 3.8) is 0 Å². The molecule has 3 fully saturated rings. The number of aliphatic carboxylic acids is 3. The molecule has 338 valence electrons. The Balaban J connectivity index is 0.991. The number of carboxylic acids is 3. The van der Waals surface area contributed by atoms with Gasteiger partial charge in [-0.05, 0) is 149 Å². The lowest BCUT2D eigenvalue weighted by molar-refractivity contribution is -0.144. The molecule has 3 aliphatic heterocycles. The van der Waals surface area contributed by atoms with Crippen molar-refractivity contribution in [2.45, 2.75) is 77.4 Å². The molecule has 6 N–H and O–H groups in total. The van der Waals surface area contributed by atoms with Crippen LogP contribution in [0.15, 0.2) is 86.0 Å². The minimum Gasteiger partial charge on any atom is -0.481 e. The SMILES string of the molecule is O=C(O)C(CCc1cc2c(CN(Cc3cccc4oc(CCC(C(=O)O)C5CCNC5)cc34)Cc3cccc4oc(CCC(C(=O)O)C5CCNC5)cc34)cccc2o1)C1CCNC1. The van der Waals surface area contributed by atoms with E-state index in [4.69, 9.17) is 13.3 Å². The Hall–Kier alpha value is -5.47. The fourth-order valence-electron chi connectivity index (χ4n) is 10.8. The molecule has 0 radical (unpaired) electrons. The summed E-state index contributed by atoms with van der Waals surface area (Å²) in [6, 6.07) is 24.6. The zero-order valence-corrected chi connectivity index (χ0v) is 36.4. The van der Waals surface area contributed by atoms with Gasteiger partial charge in [-0.3, -0.25) is 19.3 Å². The van der Waals surface area contributed by atoms with Crippen LogP contribution in [0.3, 0.4) is 0 Å². The summed E-state index contributed by atoms with van der Waals surface area (Å²) < 4.78 is 19.1. The second-order valence-electron chi connectivity index (χ2n) is 18.5. The summed E-state index contributed by atoms with van der Waals surface area (Å²) in [5.41, 5.74) is 5.57. The van der Waals surface area contributed by atoms with Gasteiger partial charge in [0, 0.05) is 55.1 Å². The van der Waals surface area contributed by atoms with E-state index in [1.807, 2.05) is 36.4 Å². The Morgan fingerprint density at radius 1 is 0.516 bits per heavy atom. The van der Waals surface area contributed by atoms with Crippen molar-refractivity contribution >= 4 is 50.8 Å². The van der Waals surface area contributed by atoms with E-state index in [0.717, 1.165) is 125 Å². The Morgan fingerprint density at radius 2 is 0.828 bits per heavy atom. The van der Waals surface area contributed by atoms with Crippen molar-refractivity contribution in [2.75, 3.05) is 39.3 Å². The number of carboxylic acid groups (broad SMARTS) is 3. The minimum atomic E-state index is -0.752. The topological polar surface area (TPSA) is 191 Å². The van der Waals surface area contributed by atoms with Crippen LogP contribution in [0.1, 0.15) is 72.5 Å². The van der Waals surface area contributed by atoms with Gasteiger partial charge in [-0.1, -0.05) is 36.4 Å². The maximum absolute atomic E-state index is 12.3. The van der Waals surface area contributed by atoms with Gasteiger partial charge >= 0.3 is 17.9 Å². The zero-order chi connectivity index (χ0) is 44.2. The molecule has 3 aromatic heterocycles. The molecule has 6 atom stereocenters. The second kappa shape index (κ2) is 19.7. The average Bonchev–Trinajstić information content (AvgIpc) is 4.12. The highest BCUT2D eigenvalue weighted by atomic mass is 16.4.